The normalized spacial score (nSPS) is 10.9. The van der Waals surface area contributed by atoms with Crippen LogP contribution in [0.5, 0.6) is 5.75 Å². The van der Waals surface area contributed by atoms with Crippen LogP contribution in [0.2, 0.25) is 0 Å². The maximum Gasteiger partial charge on any atom is 0.314 e. The molecule has 4 rings (SSSR count). The molecule has 216 valence electrons. The van der Waals surface area contributed by atoms with Crippen molar-refractivity contribution in [1.29, 1.82) is 0 Å². The topological polar surface area (TPSA) is 148 Å². The van der Waals surface area contributed by atoms with Crippen molar-refractivity contribution in [3.8, 4) is 17.0 Å². The van der Waals surface area contributed by atoms with Crippen molar-refractivity contribution in [3.63, 3.8) is 0 Å². The average molecular weight is 567 g/mol. The van der Waals surface area contributed by atoms with E-state index in [-0.39, 0.29) is 23.3 Å². The number of nitrogens with one attached hydrogen (secondary N) is 4. The van der Waals surface area contributed by atoms with Gasteiger partial charge in [0.05, 0.1) is 19.0 Å². The fourth-order valence-electron chi connectivity index (χ4n) is 4.25. The van der Waals surface area contributed by atoms with Crippen molar-refractivity contribution in [3.05, 3.63) is 71.7 Å². The molecule has 2 heterocycles. The van der Waals surface area contributed by atoms with Gasteiger partial charge in [0.1, 0.15) is 0 Å². The first-order chi connectivity index (χ1) is 19.9. The van der Waals surface area contributed by atoms with E-state index >= 15 is 0 Å². The summed E-state index contributed by atoms with van der Waals surface area (Å²) in [6.07, 6.45) is 5.75. The Balaban J connectivity index is 1.45. The van der Waals surface area contributed by atoms with Gasteiger partial charge in [-0.1, -0.05) is 6.92 Å². The van der Waals surface area contributed by atoms with Gasteiger partial charge in [0, 0.05) is 55.4 Å². The van der Waals surface area contributed by atoms with Gasteiger partial charge in [-0.05, 0) is 48.7 Å². The molecule has 0 spiro atoms. The molecule has 11 nitrogen and oxygen atoms in total. The van der Waals surface area contributed by atoms with E-state index < -0.39 is 11.6 Å². The molecule has 0 bridgehead atoms. The molecule has 3 amide bonds. The fraction of sp³-hybridized carbons (Fsp3) is 0.286. The van der Waals surface area contributed by atoms with Crippen LogP contribution in [0.3, 0.4) is 0 Å². The average Bonchev–Trinajstić information content (AvgIpc) is 3.42. The molecule has 0 radical (unpaired) electrons. The van der Waals surface area contributed by atoms with Gasteiger partial charge in [0.25, 0.3) is 5.91 Å². The third-order valence-electron chi connectivity index (χ3n) is 6.32. The number of nitrogens with zero attached hydrogens (tertiary/aromatic N) is 3. The van der Waals surface area contributed by atoms with Gasteiger partial charge < -0.3 is 31.7 Å². The molecular formula is C28H32F2N8O3. The van der Waals surface area contributed by atoms with Crippen LogP contribution in [0.25, 0.3) is 16.9 Å². The predicted octanol–water partition coefficient (Wildman–Crippen LogP) is 3.37. The number of methoxy groups -OCH3 is 1. The minimum absolute atomic E-state index is 0.0298. The Bertz CT molecular complexity index is 1540. The molecule has 13 heteroatoms. The van der Waals surface area contributed by atoms with Crippen molar-refractivity contribution >= 4 is 29.1 Å². The van der Waals surface area contributed by atoms with E-state index in [0.29, 0.717) is 67.4 Å². The van der Waals surface area contributed by atoms with Gasteiger partial charge in [-0.2, -0.15) is 4.39 Å². The minimum Gasteiger partial charge on any atom is -0.494 e. The molecule has 0 aliphatic rings. The number of rotatable bonds is 12. The molecule has 0 aliphatic heterocycles. The van der Waals surface area contributed by atoms with E-state index in [1.54, 1.807) is 22.7 Å². The SMILES string of the molecule is CCc1cc(Nc2nccn3c(-c4ccc(OC)c(F)c4F)cnc23)ccc1C(=O)NCCCNC(=O)NCCN. The number of benzene rings is 2. The van der Waals surface area contributed by atoms with Crippen molar-refractivity contribution in [1.82, 2.24) is 30.3 Å². The van der Waals surface area contributed by atoms with Crippen molar-refractivity contribution in [2.45, 2.75) is 19.8 Å². The van der Waals surface area contributed by atoms with Crippen LogP contribution < -0.4 is 31.7 Å². The molecule has 0 aliphatic carbocycles. The highest BCUT2D eigenvalue weighted by Gasteiger charge is 2.19. The molecule has 0 unspecified atom stereocenters. The Hall–Kier alpha value is -4.78. The molecule has 6 N–H and O–H groups in total. The van der Waals surface area contributed by atoms with Crippen LogP contribution in [0.1, 0.15) is 29.3 Å². The van der Waals surface area contributed by atoms with Crippen LogP contribution in [0, 0.1) is 11.6 Å². The summed E-state index contributed by atoms with van der Waals surface area (Å²) in [5, 5.41) is 11.4. The van der Waals surface area contributed by atoms with E-state index in [9.17, 15) is 18.4 Å². The second kappa shape index (κ2) is 13.5. The highest BCUT2D eigenvalue weighted by atomic mass is 19.2. The molecule has 2 aromatic heterocycles. The Labute approximate surface area is 235 Å². The lowest BCUT2D eigenvalue weighted by Gasteiger charge is -2.13. The van der Waals surface area contributed by atoms with Crippen LogP contribution in [-0.4, -0.2) is 59.6 Å². The number of hydrogen-bond acceptors (Lipinski definition) is 7. The molecule has 4 aromatic rings. The number of amides is 3. The molecule has 41 heavy (non-hydrogen) atoms. The maximum atomic E-state index is 14.8. The molecule has 0 fully saturated rings. The van der Waals surface area contributed by atoms with Gasteiger partial charge >= 0.3 is 6.03 Å². The van der Waals surface area contributed by atoms with E-state index in [1.807, 2.05) is 13.0 Å². The van der Waals surface area contributed by atoms with Crippen molar-refractivity contribution < 1.29 is 23.1 Å². The Morgan fingerprint density at radius 2 is 1.80 bits per heavy atom. The molecule has 0 atom stereocenters. The lowest BCUT2D eigenvalue weighted by Crippen LogP contribution is -2.39. The number of carbonyl (C=O) groups is 2. The largest absolute Gasteiger partial charge is 0.494 e. The van der Waals surface area contributed by atoms with Crippen LogP contribution in [0.4, 0.5) is 25.1 Å². The molecular weight excluding hydrogens is 534 g/mol. The number of carbonyl (C=O) groups excluding carboxylic acids is 2. The zero-order chi connectivity index (χ0) is 29.4. The number of aryl methyl sites for hydroxylation is 1. The number of halogens is 2. The van der Waals surface area contributed by atoms with Gasteiger partial charge in [0.15, 0.2) is 23.0 Å². The standard InChI is InChI=1S/C28H32F2N8O3/c1-3-17-15-18(5-6-19(17)27(39)33-10-4-11-34-28(40)35-12-9-31)37-25-26-36-16-21(38(26)14-13-32-25)20-7-8-22(41-2)24(30)23(20)29/h5-8,13-16H,3-4,9-12,31H2,1-2H3,(H,32,37)(H,33,39)(H2,34,35,40). The number of imidazole rings is 1. The van der Waals surface area contributed by atoms with E-state index in [4.69, 9.17) is 10.5 Å². The molecule has 2 aromatic carbocycles. The van der Waals surface area contributed by atoms with E-state index in [0.717, 1.165) is 5.56 Å². The third kappa shape index (κ3) is 6.69. The fourth-order valence-corrected chi connectivity index (χ4v) is 4.25. The first-order valence-corrected chi connectivity index (χ1v) is 13.1. The van der Waals surface area contributed by atoms with Gasteiger partial charge in [-0.25, -0.2) is 19.2 Å². The summed E-state index contributed by atoms with van der Waals surface area (Å²) >= 11 is 0. The number of anilines is 2. The van der Waals surface area contributed by atoms with Crippen LogP contribution in [-0.2, 0) is 6.42 Å². The zero-order valence-electron chi connectivity index (χ0n) is 22.8. The summed E-state index contributed by atoms with van der Waals surface area (Å²) in [5.74, 6) is -2.12. The summed E-state index contributed by atoms with van der Waals surface area (Å²) in [4.78, 5) is 33.1. The van der Waals surface area contributed by atoms with Crippen LogP contribution in [0.15, 0.2) is 48.9 Å². The second-order valence-electron chi connectivity index (χ2n) is 8.99. The number of fused-ring (bicyclic) bond motifs is 1. The zero-order valence-corrected chi connectivity index (χ0v) is 22.8. The molecule has 0 saturated carbocycles. The van der Waals surface area contributed by atoms with Crippen molar-refractivity contribution in [2.24, 2.45) is 5.73 Å². The first-order valence-electron chi connectivity index (χ1n) is 13.1. The first kappa shape index (κ1) is 29.2. The number of aromatic nitrogens is 3. The lowest BCUT2D eigenvalue weighted by atomic mass is 10.0. The monoisotopic (exact) mass is 566 g/mol. The van der Waals surface area contributed by atoms with Gasteiger partial charge in [-0.15, -0.1) is 0 Å². The predicted molar refractivity (Wildman–Crippen MR) is 151 cm³/mol. The van der Waals surface area contributed by atoms with E-state index in [2.05, 4.69) is 31.2 Å². The smallest absolute Gasteiger partial charge is 0.314 e. The van der Waals surface area contributed by atoms with Gasteiger partial charge in [0.2, 0.25) is 5.82 Å². The quantitative estimate of drug-likeness (QED) is 0.165. The summed E-state index contributed by atoms with van der Waals surface area (Å²) < 4.78 is 35.6. The summed E-state index contributed by atoms with van der Waals surface area (Å²) in [5.41, 5.74) is 8.16. The van der Waals surface area contributed by atoms with Crippen LogP contribution >= 0.6 is 0 Å². The summed E-state index contributed by atoms with van der Waals surface area (Å²) in [7, 11) is 1.27. The van der Waals surface area contributed by atoms with Crippen molar-refractivity contribution in [2.75, 3.05) is 38.6 Å². The maximum absolute atomic E-state index is 14.8. The number of urea groups is 1. The van der Waals surface area contributed by atoms with E-state index in [1.165, 1.54) is 31.6 Å². The minimum atomic E-state index is -1.08. The highest BCUT2D eigenvalue weighted by Crippen LogP contribution is 2.31. The summed E-state index contributed by atoms with van der Waals surface area (Å²) in [6.45, 7) is 3.51. The second-order valence-corrected chi connectivity index (χ2v) is 8.99. The number of ether oxygens (including phenoxy) is 1. The summed E-state index contributed by atoms with van der Waals surface area (Å²) in [6, 6.07) is 7.83. The lowest BCUT2D eigenvalue weighted by molar-refractivity contribution is 0.0952. The Morgan fingerprint density at radius 1 is 1.02 bits per heavy atom. The number of hydrogen-bond donors (Lipinski definition) is 5. The number of nitrogens with two attached hydrogens (primary N) is 1. The Kier molecular flexibility index (Phi) is 9.64. The third-order valence-corrected chi connectivity index (χ3v) is 6.32. The Morgan fingerprint density at radius 3 is 2.56 bits per heavy atom. The molecule has 0 saturated heterocycles. The van der Waals surface area contributed by atoms with Gasteiger partial charge in [-0.3, -0.25) is 9.20 Å². The highest BCUT2D eigenvalue weighted by molar-refractivity contribution is 5.96.